The number of rotatable bonds is 1. The molecule has 3 heteroatoms. The second kappa shape index (κ2) is 5.41. The highest BCUT2D eigenvalue weighted by molar-refractivity contribution is 5.95. The summed E-state index contributed by atoms with van der Waals surface area (Å²) in [7, 11) is 0. The number of carbonyl (C=O) groups is 1. The highest BCUT2D eigenvalue weighted by Gasteiger charge is 2.61. The number of nitrogens with two attached hydrogens (primary N) is 1. The summed E-state index contributed by atoms with van der Waals surface area (Å²) in [6, 6.07) is 0.371. The average molecular weight is 332 g/mol. The van der Waals surface area contributed by atoms with Gasteiger partial charge in [0.1, 0.15) is 0 Å². The van der Waals surface area contributed by atoms with Gasteiger partial charge in [0.15, 0.2) is 5.78 Å². The first-order valence-electron chi connectivity index (χ1n) is 9.93. The van der Waals surface area contributed by atoms with E-state index >= 15 is 0 Å². The van der Waals surface area contributed by atoms with E-state index in [9.17, 15) is 9.90 Å². The number of aliphatic hydroxyl groups is 1. The third-order valence-electron chi connectivity index (χ3n) is 8.78. The minimum atomic E-state index is -0.382. The van der Waals surface area contributed by atoms with Gasteiger partial charge in [-0.05, 0) is 86.5 Å². The van der Waals surface area contributed by atoms with Crippen LogP contribution in [0.4, 0.5) is 0 Å². The fraction of sp³-hybridized carbons (Fsp3) is 0.857. The molecule has 0 amide bonds. The number of hydrogen-bond acceptors (Lipinski definition) is 3. The number of hydrogen-bond donors (Lipinski definition) is 2. The molecule has 3 saturated carbocycles. The molecule has 3 fully saturated rings. The van der Waals surface area contributed by atoms with Crippen molar-refractivity contribution in [2.75, 3.05) is 0 Å². The zero-order valence-electron chi connectivity index (χ0n) is 15.4. The number of ketones is 1. The van der Waals surface area contributed by atoms with Gasteiger partial charge in [0.25, 0.3) is 0 Å². The van der Waals surface area contributed by atoms with Gasteiger partial charge in [0, 0.05) is 11.5 Å². The Labute approximate surface area is 146 Å². The van der Waals surface area contributed by atoms with Crippen molar-refractivity contribution < 1.29 is 9.90 Å². The Morgan fingerprint density at radius 2 is 1.96 bits per heavy atom. The van der Waals surface area contributed by atoms with Gasteiger partial charge < -0.3 is 10.8 Å². The Morgan fingerprint density at radius 3 is 2.67 bits per heavy atom. The lowest BCUT2D eigenvalue weighted by molar-refractivity contribution is -0.149. The summed E-state index contributed by atoms with van der Waals surface area (Å²) in [6.45, 7) is 6.30. The van der Waals surface area contributed by atoms with E-state index < -0.39 is 0 Å². The summed E-state index contributed by atoms with van der Waals surface area (Å²) in [6.07, 6.45) is 9.64. The topological polar surface area (TPSA) is 63.3 Å². The number of allylic oxidation sites excluding steroid dienone is 1. The summed E-state index contributed by atoms with van der Waals surface area (Å²) >= 11 is 0. The molecule has 0 aromatic rings. The molecule has 24 heavy (non-hydrogen) atoms. The largest absolute Gasteiger partial charge is 0.392 e. The summed E-state index contributed by atoms with van der Waals surface area (Å²) < 4.78 is 0. The maximum absolute atomic E-state index is 12.1. The molecule has 3 N–H and O–H groups in total. The number of fused-ring (bicyclic) bond motifs is 5. The van der Waals surface area contributed by atoms with Crippen LogP contribution in [0.3, 0.4) is 0 Å². The molecule has 0 aromatic heterocycles. The van der Waals surface area contributed by atoms with Crippen molar-refractivity contribution in [3.63, 3.8) is 0 Å². The van der Waals surface area contributed by atoms with Crippen LogP contribution in [-0.4, -0.2) is 23.0 Å². The van der Waals surface area contributed by atoms with Crippen LogP contribution >= 0.6 is 0 Å². The van der Waals surface area contributed by atoms with Crippen LogP contribution in [0, 0.1) is 34.5 Å². The maximum Gasteiger partial charge on any atom is 0.156 e. The molecule has 4 aliphatic carbocycles. The molecule has 0 spiro atoms. The van der Waals surface area contributed by atoms with E-state index in [2.05, 4.69) is 19.9 Å². The average Bonchev–Trinajstić information content (AvgIpc) is 2.88. The highest BCUT2D eigenvalue weighted by atomic mass is 16.3. The third-order valence-corrected chi connectivity index (χ3v) is 8.78. The number of aliphatic hydroxyl groups excluding tert-OH is 1. The van der Waals surface area contributed by atoms with Gasteiger partial charge in [-0.15, -0.1) is 0 Å². The Morgan fingerprint density at radius 1 is 1.21 bits per heavy atom. The van der Waals surface area contributed by atoms with Crippen molar-refractivity contribution in [3.05, 3.63) is 11.6 Å². The molecule has 3 nitrogen and oxygen atoms in total. The monoisotopic (exact) mass is 331 g/mol. The first-order valence-corrected chi connectivity index (χ1v) is 9.93. The molecule has 0 aromatic carbocycles. The van der Waals surface area contributed by atoms with Crippen LogP contribution in [0.1, 0.15) is 65.7 Å². The van der Waals surface area contributed by atoms with Crippen molar-refractivity contribution in [1.29, 1.82) is 0 Å². The van der Waals surface area contributed by atoms with Crippen molar-refractivity contribution in [2.45, 2.75) is 77.9 Å². The van der Waals surface area contributed by atoms with Gasteiger partial charge in [0.2, 0.25) is 0 Å². The smallest absolute Gasteiger partial charge is 0.156 e. The second-order valence-electron chi connectivity index (χ2n) is 9.64. The molecular formula is C21H33NO2. The van der Waals surface area contributed by atoms with E-state index in [0.29, 0.717) is 29.2 Å². The molecule has 0 saturated heterocycles. The lowest BCUT2D eigenvalue weighted by atomic mass is 9.44. The van der Waals surface area contributed by atoms with Gasteiger partial charge in [-0.1, -0.05) is 19.9 Å². The van der Waals surface area contributed by atoms with Gasteiger partial charge in [0.05, 0.1) is 6.10 Å². The Hall–Kier alpha value is -0.670. The molecule has 4 aliphatic rings. The predicted octanol–water partition coefficient (Wildman–Crippen LogP) is 3.45. The first kappa shape index (κ1) is 16.8. The Bertz CT molecular complexity index is 584. The summed E-state index contributed by atoms with van der Waals surface area (Å²) in [4.78, 5) is 12.1. The summed E-state index contributed by atoms with van der Waals surface area (Å²) in [5, 5.41) is 11.1. The molecule has 0 bridgehead atoms. The van der Waals surface area contributed by atoms with E-state index in [1.54, 1.807) is 6.92 Å². The molecule has 134 valence electrons. The first-order chi connectivity index (χ1) is 11.3. The van der Waals surface area contributed by atoms with E-state index in [0.717, 1.165) is 37.2 Å². The molecule has 0 radical (unpaired) electrons. The maximum atomic E-state index is 12.1. The van der Waals surface area contributed by atoms with Crippen molar-refractivity contribution in [3.8, 4) is 0 Å². The lowest BCUT2D eigenvalue weighted by Crippen LogP contribution is -2.58. The summed E-state index contributed by atoms with van der Waals surface area (Å²) in [5.74, 6) is 2.57. The van der Waals surface area contributed by atoms with E-state index in [4.69, 9.17) is 5.73 Å². The predicted molar refractivity (Wildman–Crippen MR) is 95.2 cm³/mol. The zero-order chi connectivity index (χ0) is 17.3. The van der Waals surface area contributed by atoms with Gasteiger partial charge in [-0.3, -0.25) is 4.79 Å². The minimum absolute atomic E-state index is 0.154. The number of carbonyl (C=O) groups excluding carboxylic acids is 1. The minimum Gasteiger partial charge on any atom is -0.392 e. The van der Waals surface area contributed by atoms with Crippen LogP contribution in [-0.2, 0) is 4.79 Å². The number of Topliss-reactive ketones (excluding diaryl/α,β-unsaturated/α-hetero) is 1. The molecule has 8 unspecified atom stereocenters. The van der Waals surface area contributed by atoms with Gasteiger partial charge in [-0.25, -0.2) is 0 Å². The van der Waals surface area contributed by atoms with E-state index in [-0.39, 0.29) is 17.3 Å². The van der Waals surface area contributed by atoms with Crippen LogP contribution in [0.2, 0.25) is 0 Å². The van der Waals surface area contributed by atoms with Crippen LogP contribution < -0.4 is 5.73 Å². The van der Waals surface area contributed by atoms with E-state index in [1.165, 1.54) is 19.3 Å². The van der Waals surface area contributed by atoms with Crippen LogP contribution in [0.5, 0.6) is 0 Å². The molecule has 0 aliphatic heterocycles. The normalized spacial score (nSPS) is 53.6. The summed E-state index contributed by atoms with van der Waals surface area (Å²) in [5.41, 5.74) is 7.17. The quantitative estimate of drug-likeness (QED) is 0.773. The van der Waals surface area contributed by atoms with Crippen molar-refractivity contribution in [2.24, 2.45) is 40.2 Å². The molecule has 0 heterocycles. The zero-order valence-corrected chi connectivity index (χ0v) is 15.4. The fourth-order valence-electron chi connectivity index (χ4n) is 7.36. The van der Waals surface area contributed by atoms with E-state index in [1.807, 2.05) is 0 Å². The SMILES string of the molecule is CC(=O)C1=CCC2C3CCC4CC(N)CCC4(C)C3CC(O)C12C. The molecule has 8 atom stereocenters. The standard InChI is InChI=1S/C21H33NO2/c1-12(23)16-6-7-17-15-5-4-13-10-14(22)8-9-20(13,2)18(15)11-19(24)21(16,17)3/h6,13-15,17-19,24H,4-5,7-11,22H2,1-3H3. The van der Waals surface area contributed by atoms with Gasteiger partial charge in [-0.2, -0.15) is 0 Å². The Kier molecular flexibility index (Phi) is 3.78. The van der Waals surface area contributed by atoms with Gasteiger partial charge >= 0.3 is 0 Å². The highest BCUT2D eigenvalue weighted by Crippen LogP contribution is 2.66. The Balaban J connectivity index is 1.67. The van der Waals surface area contributed by atoms with Crippen molar-refractivity contribution in [1.82, 2.24) is 0 Å². The molecule has 4 rings (SSSR count). The van der Waals surface area contributed by atoms with Crippen molar-refractivity contribution >= 4 is 5.78 Å². The second-order valence-corrected chi connectivity index (χ2v) is 9.64. The van der Waals surface area contributed by atoms with Crippen LogP contribution in [0.25, 0.3) is 0 Å². The lowest BCUT2D eigenvalue weighted by Gasteiger charge is -2.61. The third kappa shape index (κ3) is 2.07. The molecular weight excluding hydrogens is 298 g/mol. The fourth-order valence-corrected chi connectivity index (χ4v) is 7.36. The van der Waals surface area contributed by atoms with Crippen LogP contribution in [0.15, 0.2) is 11.6 Å².